The van der Waals surface area contributed by atoms with Crippen LogP contribution in [-0.4, -0.2) is 95.6 Å². The molecule has 42 heavy (non-hydrogen) atoms. The molecule has 2 amide bonds. The van der Waals surface area contributed by atoms with Crippen LogP contribution in [0.2, 0.25) is 10.0 Å². The summed E-state index contributed by atoms with van der Waals surface area (Å²) in [5.41, 5.74) is -3.58. The second kappa shape index (κ2) is 12.5. The first kappa shape index (κ1) is 32.2. The Hall–Kier alpha value is -2.67. The SMILES string of the molecule is CC1CC(N2CC(Nc3ccc(C(=O)N(C)CC(F)F)c(Cl)c3)C2)CCN1C(=O)C(O)(c1cccc(Cl)c1)C(F)(F)F. The van der Waals surface area contributed by atoms with Crippen molar-refractivity contribution < 1.29 is 36.6 Å². The summed E-state index contributed by atoms with van der Waals surface area (Å²) >= 11 is 12.1. The molecule has 0 bridgehead atoms. The third-order valence-electron chi connectivity index (χ3n) is 7.83. The van der Waals surface area contributed by atoms with E-state index >= 15 is 0 Å². The van der Waals surface area contributed by atoms with Gasteiger partial charge >= 0.3 is 6.18 Å². The molecule has 4 rings (SSSR count). The van der Waals surface area contributed by atoms with E-state index in [-0.39, 0.29) is 34.2 Å². The van der Waals surface area contributed by atoms with Crippen molar-refractivity contribution in [2.45, 2.75) is 56.1 Å². The lowest BCUT2D eigenvalue weighted by atomic mass is 9.87. The molecule has 14 heteroatoms. The first-order valence-electron chi connectivity index (χ1n) is 13.3. The fourth-order valence-corrected chi connectivity index (χ4v) is 5.97. The van der Waals surface area contributed by atoms with Gasteiger partial charge in [0.1, 0.15) is 0 Å². The van der Waals surface area contributed by atoms with Gasteiger partial charge in [-0.1, -0.05) is 35.3 Å². The van der Waals surface area contributed by atoms with Gasteiger partial charge in [-0.05, 0) is 50.1 Å². The maximum atomic E-state index is 14.1. The highest BCUT2D eigenvalue weighted by molar-refractivity contribution is 6.34. The Balaban J connectivity index is 1.33. The average molecular weight is 637 g/mol. The standard InChI is InChI=1S/C28H31Cl2F5N4O3/c1-16-10-21(8-9-39(16)26(41)27(42,28(33,34)35)17-4-3-5-18(29)11-17)38-13-20(14-38)36-19-6-7-22(23(30)12-19)25(40)37(2)15-24(31)32/h3-7,11-12,16,20-21,24,36,42H,8-10,13-15H2,1-2H3. The van der Waals surface area contributed by atoms with Crippen molar-refractivity contribution in [2.75, 3.05) is 38.5 Å². The van der Waals surface area contributed by atoms with Gasteiger partial charge < -0.3 is 20.2 Å². The van der Waals surface area contributed by atoms with E-state index < -0.39 is 48.2 Å². The van der Waals surface area contributed by atoms with E-state index in [1.807, 2.05) is 0 Å². The van der Waals surface area contributed by atoms with Gasteiger partial charge in [-0.2, -0.15) is 13.2 Å². The predicted molar refractivity (Wildman–Crippen MR) is 149 cm³/mol. The summed E-state index contributed by atoms with van der Waals surface area (Å²) in [4.78, 5) is 29.7. The minimum absolute atomic E-state index is 0.0279. The highest BCUT2D eigenvalue weighted by atomic mass is 35.5. The van der Waals surface area contributed by atoms with Gasteiger partial charge in [0.15, 0.2) is 0 Å². The van der Waals surface area contributed by atoms with E-state index in [9.17, 15) is 36.6 Å². The Bertz CT molecular complexity index is 1310. The van der Waals surface area contributed by atoms with Crippen molar-refractivity contribution in [2.24, 2.45) is 0 Å². The van der Waals surface area contributed by atoms with Crippen LogP contribution in [-0.2, 0) is 10.4 Å². The maximum Gasteiger partial charge on any atom is 0.430 e. The molecule has 0 aliphatic carbocycles. The first-order chi connectivity index (χ1) is 19.6. The Morgan fingerprint density at radius 2 is 1.83 bits per heavy atom. The van der Waals surface area contributed by atoms with Crippen molar-refractivity contribution in [1.29, 1.82) is 0 Å². The molecule has 2 aromatic rings. The molecule has 0 spiro atoms. The topological polar surface area (TPSA) is 76.1 Å². The molecule has 2 N–H and O–H groups in total. The predicted octanol–water partition coefficient (Wildman–Crippen LogP) is 5.26. The van der Waals surface area contributed by atoms with Crippen LogP contribution in [0.5, 0.6) is 0 Å². The largest absolute Gasteiger partial charge is 0.430 e. The van der Waals surface area contributed by atoms with Gasteiger partial charge in [0, 0.05) is 55.0 Å². The molecule has 7 nitrogen and oxygen atoms in total. The van der Waals surface area contributed by atoms with Crippen LogP contribution >= 0.6 is 23.2 Å². The lowest BCUT2D eigenvalue weighted by Crippen LogP contribution is -2.64. The number of carbonyl (C=O) groups excluding carboxylic acids is 2. The van der Waals surface area contributed by atoms with Crippen LogP contribution in [0.25, 0.3) is 0 Å². The second-order valence-corrected chi connectivity index (χ2v) is 11.7. The molecule has 2 aromatic carbocycles. The average Bonchev–Trinajstić information content (AvgIpc) is 2.88. The van der Waals surface area contributed by atoms with E-state index in [1.54, 1.807) is 19.1 Å². The van der Waals surface area contributed by atoms with E-state index in [4.69, 9.17) is 23.2 Å². The molecule has 0 aromatic heterocycles. The maximum absolute atomic E-state index is 14.1. The summed E-state index contributed by atoms with van der Waals surface area (Å²) in [6, 6.07) is 8.79. The van der Waals surface area contributed by atoms with E-state index in [1.165, 1.54) is 25.2 Å². The fourth-order valence-electron chi connectivity index (χ4n) is 5.52. The number of amides is 2. The van der Waals surface area contributed by atoms with Gasteiger partial charge in [0.2, 0.25) is 0 Å². The zero-order valence-corrected chi connectivity index (χ0v) is 24.4. The molecular formula is C28H31Cl2F5N4O3. The number of rotatable bonds is 8. The number of nitrogens with zero attached hydrogens (tertiary/aromatic N) is 3. The van der Waals surface area contributed by atoms with Crippen LogP contribution in [0.4, 0.5) is 27.6 Å². The van der Waals surface area contributed by atoms with E-state index in [0.29, 0.717) is 31.6 Å². The summed E-state index contributed by atoms with van der Waals surface area (Å²) in [5, 5.41) is 14.2. The first-order valence-corrected chi connectivity index (χ1v) is 14.1. The van der Waals surface area contributed by atoms with Crippen molar-refractivity contribution in [3.8, 4) is 0 Å². The molecule has 2 aliphatic heterocycles. The van der Waals surface area contributed by atoms with Crippen molar-refractivity contribution >= 4 is 40.7 Å². The van der Waals surface area contributed by atoms with Crippen LogP contribution in [0.1, 0.15) is 35.7 Å². The molecule has 0 saturated carbocycles. The summed E-state index contributed by atoms with van der Waals surface area (Å²) in [6.45, 7) is 2.27. The number of halogens is 7. The number of piperidine rings is 1. The van der Waals surface area contributed by atoms with Crippen molar-refractivity contribution in [3.05, 3.63) is 63.6 Å². The number of alkyl halides is 5. The Labute approximate surface area is 250 Å². The molecule has 2 heterocycles. The van der Waals surface area contributed by atoms with Crippen molar-refractivity contribution in [1.82, 2.24) is 14.7 Å². The lowest BCUT2D eigenvalue weighted by molar-refractivity contribution is -0.263. The Morgan fingerprint density at radius 1 is 1.14 bits per heavy atom. The number of nitrogens with one attached hydrogen (secondary N) is 1. The minimum atomic E-state index is -5.25. The monoisotopic (exact) mass is 636 g/mol. The summed E-state index contributed by atoms with van der Waals surface area (Å²) in [7, 11) is 1.27. The molecule has 2 saturated heterocycles. The zero-order valence-electron chi connectivity index (χ0n) is 22.8. The minimum Gasteiger partial charge on any atom is -0.380 e. The zero-order chi connectivity index (χ0) is 31.0. The number of aliphatic hydroxyl groups is 1. The third kappa shape index (κ3) is 6.61. The number of hydrogen-bond acceptors (Lipinski definition) is 5. The summed E-state index contributed by atoms with van der Waals surface area (Å²) in [6.07, 6.45) is -7.05. The highest BCUT2D eigenvalue weighted by Gasteiger charge is 2.62. The number of hydrogen-bond donors (Lipinski definition) is 2. The summed E-state index contributed by atoms with van der Waals surface area (Å²) < 4.78 is 67.5. The van der Waals surface area contributed by atoms with E-state index in [2.05, 4.69) is 10.2 Å². The molecule has 3 atom stereocenters. The molecule has 2 fully saturated rings. The number of benzene rings is 2. The molecule has 2 aliphatic rings. The Kier molecular flexibility index (Phi) is 9.61. The van der Waals surface area contributed by atoms with Gasteiger partial charge in [-0.15, -0.1) is 0 Å². The lowest BCUT2D eigenvalue weighted by Gasteiger charge is -2.50. The van der Waals surface area contributed by atoms with Gasteiger partial charge in [0.05, 0.1) is 23.2 Å². The molecular weight excluding hydrogens is 606 g/mol. The smallest absolute Gasteiger partial charge is 0.380 e. The fraction of sp³-hybridized carbons (Fsp3) is 0.500. The van der Waals surface area contributed by atoms with Crippen LogP contribution in [0.3, 0.4) is 0 Å². The number of anilines is 1. The molecule has 3 unspecified atom stereocenters. The Morgan fingerprint density at radius 3 is 2.40 bits per heavy atom. The number of likely N-dealkylation sites (tertiary alicyclic amines) is 2. The normalized spacial score (nSPS) is 21.5. The van der Waals surface area contributed by atoms with Crippen LogP contribution in [0.15, 0.2) is 42.5 Å². The quantitative estimate of drug-likeness (QED) is 0.387. The van der Waals surface area contributed by atoms with Gasteiger partial charge in [-0.3, -0.25) is 14.5 Å². The van der Waals surface area contributed by atoms with Gasteiger partial charge in [0.25, 0.3) is 23.8 Å². The third-order valence-corrected chi connectivity index (χ3v) is 8.37. The van der Waals surface area contributed by atoms with Crippen LogP contribution < -0.4 is 5.32 Å². The van der Waals surface area contributed by atoms with Crippen LogP contribution in [0, 0.1) is 0 Å². The second-order valence-electron chi connectivity index (χ2n) is 10.8. The summed E-state index contributed by atoms with van der Waals surface area (Å²) in [5.74, 6) is -2.03. The van der Waals surface area contributed by atoms with E-state index in [0.717, 1.165) is 21.9 Å². The molecule has 230 valence electrons. The van der Waals surface area contributed by atoms with Gasteiger partial charge in [-0.25, -0.2) is 8.78 Å². The number of carbonyl (C=O) groups is 2. The van der Waals surface area contributed by atoms with Crippen molar-refractivity contribution in [3.63, 3.8) is 0 Å². The molecule has 0 radical (unpaired) electrons. The highest BCUT2D eigenvalue weighted by Crippen LogP contribution is 2.42.